The molecule has 0 aromatic heterocycles. The third-order valence-corrected chi connectivity index (χ3v) is 4.47. The normalized spacial score (nSPS) is 13.5. The molecule has 0 fully saturated rings. The second-order valence-electron chi connectivity index (χ2n) is 6.34. The highest BCUT2D eigenvalue weighted by Crippen LogP contribution is 2.32. The average molecular weight is 379 g/mol. The fourth-order valence-electron chi connectivity index (χ4n) is 2.91. The van der Waals surface area contributed by atoms with Crippen LogP contribution in [0.5, 0.6) is 0 Å². The van der Waals surface area contributed by atoms with Gasteiger partial charge in [-0.2, -0.15) is 22.4 Å². The summed E-state index contributed by atoms with van der Waals surface area (Å²) >= 11 is 4.10. The van der Waals surface area contributed by atoms with Gasteiger partial charge in [-0.25, -0.2) is 9.78 Å². The molecule has 0 N–H and O–H groups in total. The van der Waals surface area contributed by atoms with E-state index in [0.717, 1.165) is 25.7 Å². The van der Waals surface area contributed by atoms with E-state index >= 15 is 0 Å². The maximum Gasteiger partial charge on any atom is 0.233 e. The first-order chi connectivity index (χ1) is 12.1. The van der Waals surface area contributed by atoms with E-state index in [9.17, 15) is 0 Å². The Morgan fingerprint density at radius 2 is 1.52 bits per heavy atom. The van der Waals surface area contributed by atoms with Crippen LogP contribution in [0.25, 0.3) is 0 Å². The lowest BCUT2D eigenvalue weighted by Crippen LogP contribution is -2.40. The molecule has 0 rings (SSSR count). The third kappa shape index (κ3) is 12.7. The van der Waals surface area contributed by atoms with Crippen LogP contribution in [0.4, 0.5) is 0 Å². The number of ether oxygens (including phenoxy) is 1. The SMILES string of the molecule is CCCCCCCCC(CCCOC=CCS)C(C)(OOC)OOC. The van der Waals surface area contributed by atoms with Gasteiger partial charge in [-0.1, -0.05) is 45.4 Å². The topological polar surface area (TPSA) is 46.2 Å². The Bertz CT molecular complexity index is 306. The zero-order valence-corrected chi connectivity index (χ0v) is 17.4. The average Bonchev–Trinajstić information content (AvgIpc) is 2.59. The quantitative estimate of drug-likeness (QED) is 0.0856. The van der Waals surface area contributed by atoms with Crippen LogP contribution in [0.2, 0.25) is 0 Å². The molecule has 6 heteroatoms. The fourth-order valence-corrected chi connectivity index (χ4v) is 3.00. The van der Waals surface area contributed by atoms with Gasteiger partial charge in [-0.15, -0.1) is 0 Å². The van der Waals surface area contributed by atoms with Crippen LogP contribution in [-0.2, 0) is 24.3 Å². The van der Waals surface area contributed by atoms with E-state index in [-0.39, 0.29) is 5.92 Å². The minimum Gasteiger partial charge on any atom is -0.502 e. The summed E-state index contributed by atoms with van der Waals surface area (Å²) in [5.74, 6) is -0.0771. The summed E-state index contributed by atoms with van der Waals surface area (Å²) in [7, 11) is 2.98. The molecule has 0 aromatic carbocycles. The maximum atomic E-state index is 5.45. The van der Waals surface area contributed by atoms with Crippen LogP contribution in [-0.4, -0.2) is 32.4 Å². The summed E-state index contributed by atoms with van der Waals surface area (Å²) in [4.78, 5) is 20.6. The summed E-state index contributed by atoms with van der Waals surface area (Å²) < 4.78 is 5.45. The van der Waals surface area contributed by atoms with E-state index < -0.39 is 5.79 Å². The second-order valence-corrected chi connectivity index (χ2v) is 6.70. The van der Waals surface area contributed by atoms with Crippen molar-refractivity contribution in [1.29, 1.82) is 0 Å². The molecule has 0 radical (unpaired) electrons. The first kappa shape index (κ1) is 24.7. The Hall–Kier alpha value is -0.270. The minimum absolute atomic E-state index is 0.163. The molecule has 0 amide bonds. The number of hydrogen-bond donors (Lipinski definition) is 1. The van der Waals surface area contributed by atoms with Crippen molar-refractivity contribution in [3.8, 4) is 0 Å². The van der Waals surface area contributed by atoms with Crippen molar-refractivity contribution in [2.24, 2.45) is 5.92 Å². The first-order valence-corrected chi connectivity index (χ1v) is 10.1. The van der Waals surface area contributed by atoms with Crippen molar-refractivity contribution in [3.63, 3.8) is 0 Å². The van der Waals surface area contributed by atoms with Gasteiger partial charge in [-0.3, -0.25) is 0 Å². The van der Waals surface area contributed by atoms with E-state index in [4.69, 9.17) is 24.3 Å². The van der Waals surface area contributed by atoms with Crippen molar-refractivity contribution in [1.82, 2.24) is 0 Å². The number of hydrogen-bond acceptors (Lipinski definition) is 6. The molecule has 0 aromatic rings. The summed E-state index contributed by atoms with van der Waals surface area (Å²) in [6.07, 6.45) is 14.0. The summed E-state index contributed by atoms with van der Waals surface area (Å²) in [6.45, 7) is 4.76. The van der Waals surface area contributed by atoms with Crippen LogP contribution >= 0.6 is 12.6 Å². The Morgan fingerprint density at radius 3 is 2.12 bits per heavy atom. The van der Waals surface area contributed by atoms with Gasteiger partial charge in [0.05, 0.1) is 27.1 Å². The van der Waals surface area contributed by atoms with Gasteiger partial charge in [0.2, 0.25) is 5.79 Å². The molecule has 1 atom stereocenters. The smallest absolute Gasteiger partial charge is 0.233 e. The Balaban J connectivity index is 4.44. The van der Waals surface area contributed by atoms with Crippen LogP contribution in [0, 0.1) is 5.92 Å². The van der Waals surface area contributed by atoms with E-state index in [1.54, 1.807) is 6.26 Å². The molecule has 0 aliphatic heterocycles. The van der Waals surface area contributed by atoms with Crippen molar-refractivity contribution in [2.45, 2.75) is 77.4 Å². The monoisotopic (exact) mass is 378 g/mol. The molecule has 0 saturated heterocycles. The lowest BCUT2D eigenvalue weighted by molar-refractivity contribution is -0.508. The fraction of sp³-hybridized carbons (Fsp3) is 0.895. The molecular weight excluding hydrogens is 340 g/mol. The van der Waals surface area contributed by atoms with Crippen LogP contribution in [0.1, 0.15) is 71.6 Å². The zero-order valence-electron chi connectivity index (χ0n) is 16.5. The van der Waals surface area contributed by atoms with Crippen LogP contribution < -0.4 is 0 Å². The van der Waals surface area contributed by atoms with Crippen molar-refractivity contribution in [2.75, 3.05) is 26.6 Å². The summed E-state index contributed by atoms with van der Waals surface area (Å²) in [5.41, 5.74) is 0. The van der Waals surface area contributed by atoms with E-state index in [2.05, 4.69) is 19.6 Å². The third-order valence-electron chi connectivity index (χ3n) is 4.26. The Kier molecular flexibility index (Phi) is 17.0. The van der Waals surface area contributed by atoms with Gasteiger partial charge in [0.15, 0.2) is 0 Å². The van der Waals surface area contributed by atoms with Gasteiger partial charge < -0.3 is 4.74 Å². The van der Waals surface area contributed by atoms with Crippen molar-refractivity contribution < 1.29 is 24.3 Å². The molecule has 0 saturated carbocycles. The lowest BCUT2D eigenvalue weighted by Gasteiger charge is -2.33. The summed E-state index contributed by atoms with van der Waals surface area (Å²) in [5, 5.41) is 0. The highest BCUT2D eigenvalue weighted by Gasteiger charge is 2.38. The van der Waals surface area contributed by atoms with E-state index in [1.807, 2.05) is 13.0 Å². The molecule has 0 aliphatic carbocycles. The van der Waals surface area contributed by atoms with E-state index in [0.29, 0.717) is 12.4 Å². The van der Waals surface area contributed by atoms with Gasteiger partial charge in [-0.05, 0) is 32.3 Å². The molecule has 5 nitrogen and oxygen atoms in total. The number of rotatable bonds is 18. The highest BCUT2D eigenvalue weighted by atomic mass is 32.1. The molecule has 1 unspecified atom stereocenters. The molecule has 25 heavy (non-hydrogen) atoms. The highest BCUT2D eigenvalue weighted by molar-refractivity contribution is 7.80. The maximum absolute atomic E-state index is 5.45. The summed E-state index contributed by atoms with van der Waals surface area (Å²) in [6, 6.07) is 0. The molecule has 0 spiro atoms. The molecule has 0 heterocycles. The van der Waals surface area contributed by atoms with Gasteiger partial charge in [0.25, 0.3) is 0 Å². The molecular formula is C19H38O5S. The second kappa shape index (κ2) is 17.2. The standard InChI is InChI=1S/C19H38O5S/c1-5-6-7-8-9-10-13-18(14-11-15-22-16-12-17-25)19(2,23-20-3)24-21-4/h12,16,18,25H,5-11,13-15,17H2,1-4H3. The predicted octanol–water partition coefficient (Wildman–Crippen LogP) is 5.47. The largest absolute Gasteiger partial charge is 0.502 e. The van der Waals surface area contributed by atoms with E-state index in [1.165, 1.54) is 46.3 Å². The lowest BCUT2D eigenvalue weighted by atomic mass is 9.89. The zero-order chi connectivity index (χ0) is 18.8. The van der Waals surface area contributed by atoms with Gasteiger partial charge >= 0.3 is 0 Å². The van der Waals surface area contributed by atoms with Gasteiger partial charge in [0.1, 0.15) is 0 Å². The molecule has 0 aliphatic rings. The van der Waals surface area contributed by atoms with Crippen LogP contribution in [0.3, 0.4) is 0 Å². The van der Waals surface area contributed by atoms with Crippen molar-refractivity contribution in [3.05, 3.63) is 12.3 Å². The number of thiol groups is 1. The molecule has 150 valence electrons. The first-order valence-electron chi connectivity index (χ1n) is 9.45. The van der Waals surface area contributed by atoms with Crippen molar-refractivity contribution >= 4 is 12.6 Å². The molecule has 0 bridgehead atoms. The minimum atomic E-state index is -0.923. The number of unbranched alkanes of at least 4 members (excludes halogenated alkanes) is 5. The predicted molar refractivity (Wildman–Crippen MR) is 104 cm³/mol. The Morgan fingerprint density at radius 1 is 0.920 bits per heavy atom. The van der Waals surface area contributed by atoms with Crippen LogP contribution in [0.15, 0.2) is 12.3 Å². The Labute approximate surface area is 159 Å². The van der Waals surface area contributed by atoms with Gasteiger partial charge in [0, 0.05) is 11.7 Å².